The second-order valence-electron chi connectivity index (χ2n) is 6.80. The van der Waals surface area contributed by atoms with E-state index in [0.717, 1.165) is 0 Å². The lowest BCUT2D eigenvalue weighted by Crippen LogP contribution is -2.33. The van der Waals surface area contributed by atoms with Crippen LogP contribution in [0.2, 0.25) is 0 Å². The van der Waals surface area contributed by atoms with Gasteiger partial charge in [0.15, 0.2) is 11.9 Å². The molecule has 0 aromatic carbocycles. The van der Waals surface area contributed by atoms with Crippen molar-refractivity contribution in [2.24, 2.45) is 0 Å². The fourth-order valence-corrected chi connectivity index (χ4v) is 6.15. The van der Waals surface area contributed by atoms with Crippen molar-refractivity contribution in [3.05, 3.63) is 22.1 Å². The number of hydrogen-bond donors (Lipinski definition) is 8. The molecule has 6 atom stereocenters. The Morgan fingerprint density at radius 3 is 2.39 bits per heavy atom. The summed E-state index contributed by atoms with van der Waals surface area (Å²) < 4.78 is 52.1. The minimum Gasteiger partial charge on any atom is -0.387 e. The zero-order valence-corrected chi connectivity index (χ0v) is 19.0. The quantitative estimate of drug-likeness (QED) is 0.180. The van der Waals surface area contributed by atoms with Crippen LogP contribution in [0.1, 0.15) is 11.8 Å². The number of anilines is 1. The number of phosphoric acid groups is 3. The predicted molar refractivity (Wildman–Crippen MR) is 105 cm³/mol. The number of rotatable bonds is 8. The van der Waals surface area contributed by atoms with Gasteiger partial charge in [-0.25, -0.2) is 13.7 Å². The number of phosphoric ester groups is 1. The van der Waals surface area contributed by atoms with E-state index in [1.54, 1.807) is 6.92 Å². The number of fused-ring (bicyclic) bond motifs is 1. The van der Waals surface area contributed by atoms with Gasteiger partial charge in [-0.15, -0.1) is 0 Å². The number of nitrogens with zero attached hydrogens (tertiary/aromatic N) is 2. The summed E-state index contributed by atoms with van der Waals surface area (Å²) >= 11 is 0. The Hall–Kier alpha value is -1.49. The minimum absolute atomic E-state index is 0.0125. The van der Waals surface area contributed by atoms with Gasteiger partial charge < -0.3 is 44.8 Å². The molecule has 186 valence electrons. The maximum Gasteiger partial charge on any atom is 0.490 e. The summed E-state index contributed by atoms with van der Waals surface area (Å²) in [6, 6.07) is 0. The molecule has 2 aromatic rings. The zero-order valence-electron chi connectivity index (χ0n) is 16.4. The van der Waals surface area contributed by atoms with E-state index >= 15 is 0 Å². The molecule has 1 aliphatic rings. The van der Waals surface area contributed by atoms with Gasteiger partial charge in [0, 0.05) is 6.20 Å². The summed E-state index contributed by atoms with van der Waals surface area (Å²) in [6.07, 6.45) is -4.86. The number of hydrogen-bond acceptors (Lipinski definition) is 12. The first-order valence-electron chi connectivity index (χ1n) is 8.66. The molecular formula is C12H19N4O14P3. The summed E-state index contributed by atoms with van der Waals surface area (Å²) in [6.45, 7) is 0.573. The summed E-state index contributed by atoms with van der Waals surface area (Å²) in [5, 5.41) is 20.7. The van der Waals surface area contributed by atoms with Crippen LogP contribution < -0.4 is 11.3 Å². The van der Waals surface area contributed by atoms with Crippen molar-refractivity contribution in [2.75, 3.05) is 12.3 Å². The van der Waals surface area contributed by atoms with Crippen molar-refractivity contribution in [1.82, 2.24) is 14.5 Å². The molecule has 1 saturated heterocycles. The van der Waals surface area contributed by atoms with Gasteiger partial charge in [0.2, 0.25) is 5.95 Å². The first-order chi connectivity index (χ1) is 15.0. The highest BCUT2D eigenvalue weighted by Gasteiger charge is 2.47. The van der Waals surface area contributed by atoms with Gasteiger partial charge in [-0.05, 0) is 12.5 Å². The van der Waals surface area contributed by atoms with Gasteiger partial charge in [-0.2, -0.15) is 13.6 Å². The van der Waals surface area contributed by atoms with Crippen molar-refractivity contribution in [1.29, 1.82) is 0 Å². The molecule has 21 heteroatoms. The molecule has 3 heterocycles. The molecule has 0 aliphatic carbocycles. The van der Waals surface area contributed by atoms with Crippen LogP contribution in [0.15, 0.2) is 11.0 Å². The van der Waals surface area contributed by atoms with Crippen molar-refractivity contribution >= 4 is 40.4 Å². The number of nitrogens with two attached hydrogens (primary N) is 1. The standard InChI is InChI=1S/C12H19N4O14P3/c1-4-2-16(9-6(4)10(19)15-12(13)14-9)11-8(18)7(17)5(28-11)3-27-32(23,24)30-33(25,26)29-31(20,21)22/h2,5,7-8,11,17-18H,3H2,1H3,(H,23,24)(H,25,26)(H2,20,21,22)(H3,13,14,15,19). The second-order valence-corrected chi connectivity index (χ2v) is 11.2. The van der Waals surface area contributed by atoms with Crippen LogP contribution in [0.5, 0.6) is 0 Å². The molecule has 3 rings (SSSR count). The Balaban J connectivity index is 1.76. The summed E-state index contributed by atoms with van der Waals surface area (Å²) in [5.74, 6) is -0.232. The Bertz CT molecular complexity index is 1250. The van der Waals surface area contributed by atoms with Crippen molar-refractivity contribution in [2.45, 2.75) is 31.5 Å². The monoisotopic (exact) mass is 536 g/mol. The molecule has 1 aliphatic heterocycles. The fourth-order valence-electron chi connectivity index (χ4n) is 3.12. The topological polar surface area (TPSA) is 286 Å². The highest BCUT2D eigenvalue weighted by atomic mass is 31.3. The summed E-state index contributed by atoms with van der Waals surface area (Å²) in [7, 11) is -16.8. The average Bonchev–Trinajstić information content (AvgIpc) is 3.07. The zero-order chi connectivity index (χ0) is 24.9. The van der Waals surface area contributed by atoms with Gasteiger partial charge in [-0.1, -0.05) is 0 Å². The highest BCUT2D eigenvalue weighted by Crippen LogP contribution is 2.66. The number of nitrogen functional groups attached to an aromatic ring is 1. The van der Waals surface area contributed by atoms with Crippen LogP contribution in [-0.4, -0.2) is 69.2 Å². The summed E-state index contributed by atoms with van der Waals surface area (Å²) in [5.41, 5.74) is 5.43. The second kappa shape index (κ2) is 8.94. The fraction of sp³-hybridized carbons (Fsp3) is 0.500. The molecule has 18 nitrogen and oxygen atoms in total. The number of aryl methyl sites for hydroxylation is 1. The summed E-state index contributed by atoms with van der Waals surface area (Å²) in [4.78, 5) is 54.1. The van der Waals surface area contributed by atoms with Crippen LogP contribution in [-0.2, 0) is 31.6 Å². The van der Waals surface area contributed by atoms with E-state index in [2.05, 4.69) is 23.1 Å². The van der Waals surface area contributed by atoms with Gasteiger partial charge in [0.1, 0.15) is 18.3 Å². The SMILES string of the molecule is Cc1cn(C2OC(COP(=O)(O)OP(=O)(O)OP(=O)(O)O)C(O)C2O)c2nc(N)[nH]c(=O)c12. The van der Waals surface area contributed by atoms with E-state index in [9.17, 15) is 33.6 Å². The van der Waals surface area contributed by atoms with E-state index in [0.29, 0.717) is 5.56 Å². The lowest BCUT2D eigenvalue weighted by Gasteiger charge is -2.19. The Morgan fingerprint density at radius 1 is 1.15 bits per heavy atom. The van der Waals surface area contributed by atoms with Crippen molar-refractivity contribution in [3.8, 4) is 0 Å². The number of aliphatic hydroxyl groups is 2. The Labute approximate surface area is 183 Å². The molecule has 0 radical (unpaired) electrons. The third-order valence-electron chi connectivity index (χ3n) is 4.32. The molecule has 9 N–H and O–H groups in total. The number of aliphatic hydroxyl groups excluding tert-OH is 2. The predicted octanol–water partition coefficient (Wildman–Crippen LogP) is -1.42. The first kappa shape index (κ1) is 26.1. The highest BCUT2D eigenvalue weighted by molar-refractivity contribution is 7.66. The maximum atomic E-state index is 12.1. The van der Waals surface area contributed by atoms with Crippen LogP contribution in [0.25, 0.3) is 11.0 Å². The molecular weight excluding hydrogens is 517 g/mol. The van der Waals surface area contributed by atoms with E-state index < -0.39 is 60.2 Å². The first-order valence-corrected chi connectivity index (χ1v) is 13.2. The van der Waals surface area contributed by atoms with E-state index in [1.807, 2.05) is 0 Å². The van der Waals surface area contributed by atoms with Gasteiger partial charge in [-0.3, -0.25) is 14.3 Å². The molecule has 1 fully saturated rings. The number of aromatic nitrogens is 3. The lowest BCUT2D eigenvalue weighted by molar-refractivity contribution is -0.0501. The van der Waals surface area contributed by atoms with Crippen LogP contribution in [0, 0.1) is 6.92 Å². The van der Waals surface area contributed by atoms with Gasteiger partial charge >= 0.3 is 23.5 Å². The van der Waals surface area contributed by atoms with E-state index in [4.69, 9.17) is 25.2 Å². The molecule has 0 spiro atoms. The van der Waals surface area contributed by atoms with E-state index in [1.165, 1.54) is 10.8 Å². The minimum atomic E-state index is -5.73. The van der Waals surface area contributed by atoms with Crippen LogP contribution >= 0.6 is 23.5 Å². The van der Waals surface area contributed by atoms with Gasteiger partial charge in [0.25, 0.3) is 5.56 Å². The molecule has 0 amide bonds. The van der Waals surface area contributed by atoms with Crippen molar-refractivity contribution < 1.29 is 61.4 Å². The van der Waals surface area contributed by atoms with E-state index in [-0.39, 0.29) is 17.0 Å². The molecule has 0 bridgehead atoms. The van der Waals surface area contributed by atoms with Gasteiger partial charge in [0.05, 0.1) is 12.0 Å². The number of ether oxygens (including phenoxy) is 1. The number of aromatic amines is 1. The van der Waals surface area contributed by atoms with Crippen molar-refractivity contribution in [3.63, 3.8) is 0 Å². The van der Waals surface area contributed by atoms with Crippen LogP contribution in [0.4, 0.5) is 5.95 Å². The van der Waals surface area contributed by atoms with Crippen LogP contribution in [0.3, 0.4) is 0 Å². The molecule has 33 heavy (non-hydrogen) atoms. The number of nitrogens with one attached hydrogen (secondary N) is 1. The normalized spacial score (nSPS) is 27.5. The molecule has 0 saturated carbocycles. The average molecular weight is 536 g/mol. The largest absolute Gasteiger partial charge is 0.490 e. The smallest absolute Gasteiger partial charge is 0.387 e. The number of H-pyrrole nitrogens is 1. The Morgan fingerprint density at radius 2 is 1.79 bits per heavy atom. The lowest BCUT2D eigenvalue weighted by atomic mass is 10.1. The maximum absolute atomic E-state index is 12.1. The molecule has 6 unspecified atom stereocenters. The Kier molecular flexibility index (Phi) is 7.08. The third kappa shape index (κ3) is 5.96. The molecule has 2 aromatic heterocycles. The third-order valence-corrected chi connectivity index (χ3v) is 8.12.